The Balaban J connectivity index is 1.84. The molecule has 0 amide bonds. The lowest BCUT2D eigenvalue weighted by Crippen LogP contribution is -2.45. The van der Waals surface area contributed by atoms with Gasteiger partial charge in [0.1, 0.15) is 0 Å². The predicted molar refractivity (Wildman–Crippen MR) is 50.5 cm³/mol. The van der Waals surface area contributed by atoms with Gasteiger partial charge in [-0.05, 0) is 24.7 Å². The van der Waals surface area contributed by atoms with Gasteiger partial charge >= 0.3 is 0 Å². The van der Waals surface area contributed by atoms with Crippen LogP contribution in [0.25, 0.3) is 0 Å². The second-order valence-corrected chi connectivity index (χ2v) is 4.34. The number of likely N-dealkylation sites (tertiary alicyclic amines) is 1. The highest BCUT2D eigenvalue weighted by molar-refractivity contribution is 4.92. The summed E-state index contributed by atoms with van der Waals surface area (Å²) in [5.74, 6) is 1.08. The third-order valence-corrected chi connectivity index (χ3v) is 3.47. The normalized spacial score (nSPS) is 39.7. The number of aliphatic hydroxyl groups excluding tert-OH is 1. The number of ether oxygens (including phenoxy) is 1. The van der Waals surface area contributed by atoms with Crippen LogP contribution in [-0.2, 0) is 4.74 Å². The third kappa shape index (κ3) is 1.87. The predicted octanol–water partition coefficient (Wildman–Crippen LogP) is 0.336. The van der Waals surface area contributed by atoms with Crippen LogP contribution < -0.4 is 0 Å². The summed E-state index contributed by atoms with van der Waals surface area (Å²) >= 11 is 0. The smallest absolute Gasteiger partial charge is 0.0620 e. The van der Waals surface area contributed by atoms with Crippen molar-refractivity contribution in [3.63, 3.8) is 0 Å². The van der Waals surface area contributed by atoms with Gasteiger partial charge in [0.2, 0.25) is 0 Å². The molecule has 2 fully saturated rings. The molecule has 1 aliphatic heterocycles. The molecule has 1 N–H and O–H groups in total. The molecule has 3 heteroatoms. The Morgan fingerprint density at radius 2 is 1.92 bits per heavy atom. The molecule has 2 bridgehead atoms. The number of piperidine rings is 1. The number of hydrogen-bond donors (Lipinski definition) is 1. The Kier molecular flexibility index (Phi) is 2.86. The molecule has 1 heterocycles. The van der Waals surface area contributed by atoms with E-state index < -0.39 is 0 Å². The number of fused-ring (bicyclic) bond motifs is 2. The standard InChI is InChI=1S/C10H19NO2/c1-13-5-4-11-6-8-2-3-9(7-11)10(8)12/h8-10,12H,2-7H2,1H3. The molecular formula is C10H19NO2. The van der Waals surface area contributed by atoms with E-state index in [4.69, 9.17) is 4.74 Å². The Bertz CT molecular complexity index is 160. The minimum Gasteiger partial charge on any atom is -0.392 e. The van der Waals surface area contributed by atoms with Crippen molar-refractivity contribution in [3.8, 4) is 0 Å². The highest BCUT2D eigenvalue weighted by Gasteiger charge is 2.40. The highest BCUT2D eigenvalue weighted by Crippen LogP contribution is 2.36. The van der Waals surface area contributed by atoms with Crippen LogP contribution in [0.3, 0.4) is 0 Å². The molecule has 0 aromatic heterocycles. The first-order valence-electron chi connectivity index (χ1n) is 5.20. The van der Waals surface area contributed by atoms with E-state index in [-0.39, 0.29) is 6.10 Å². The monoisotopic (exact) mass is 185 g/mol. The van der Waals surface area contributed by atoms with Gasteiger partial charge in [-0.25, -0.2) is 0 Å². The largest absolute Gasteiger partial charge is 0.392 e. The van der Waals surface area contributed by atoms with Gasteiger partial charge < -0.3 is 14.7 Å². The fourth-order valence-electron chi connectivity index (χ4n) is 2.69. The van der Waals surface area contributed by atoms with Gasteiger partial charge in [0, 0.05) is 26.7 Å². The van der Waals surface area contributed by atoms with Gasteiger partial charge in [0.05, 0.1) is 12.7 Å². The van der Waals surface area contributed by atoms with Crippen molar-refractivity contribution in [3.05, 3.63) is 0 Å². The summed E-state index contributed by atoms with van der Waals surface area (Å²) in [7, 11) is 1.74. The van der Waals surface area contributed by atoms with Gasteiger partial charge in [-0.3, -0.25) is 0 Å². The number of aliphatic hydroxyl groups is 1. The van der Waals surface area contributed by atoms with Crippen molar-refractivity contribution in [2.24, 2.45) is 11.8 Å². The topological polar surface area (TPSA) is 32.7 Å². The van der Waals surface area contributed by atoms with Gasteiger partial charge in [-0.15, -0.1) is 0 Å². The molecular weight excluding hydrogens is 166 g/mol. The Morgan fingerprint density at radius 3 is 2.46 bits per heavy atom. The molecule has 3 nitrogen and oxygen atoms in total. The quantitative estimate of drug-likeness (QED) is 0.688. The van der Waals surface area contributed by atoms with Crippen molar-refractivity contribution < 1.29 is 9.84 Å². The minimum absolute atomic E-state index is 0.0150. The SMILES string of the molecule is COCCN1CC2CCC(C1)C2O. The maximum atomic E-state index is 9.79. The van der Waals surface area contributed by atoms with Crippen molar-refractivity contribution in [2.75, 3.05) is 33.4 Å². The molecule has 2 atom stereocenters. The molecule has 1 saturated heterocycles. The van der Waals surface area contributed by atoms with Crippen molar-refractivity contribution >= 4 is 0 Å². The molecule has 2 aliphatic rings. The summed E-state index contributed by atoms with van der Waals surface area (Å²) in [5, 5.41) is 9.79. The zero-order chi connectivity index (χ0) is 9.26. The van der Waals surface area contributed by atoms with E-state index >= 15 is 0 Å². The molecule has 2 unspecified atom stereocenters. The molecule has 13 heavy (non-hydrogen) atoms. The third-order valence-electron chi connectivity index (χ3n) is 3.47. The Morgan fingerprint density at radius 1 is 1.31 bits per heavy atom. The number of methoxy groups -OCH3 is 1. The van der Waals surface area contributed by atoms with Crippen LogP contribution in [0.2, 0.25) is 0 Å². The maximum absolute atomic E-state index is 9.79. The van der Waals surface area contributed by atoms with Crippen molar-refractivity contribution in [1.29, 1.82) is 0 Å². The van der Waals surface area contributed by atoms with Gasteiger partial charge in [-0.2, -0.15) is 0 Å². The molecule has 1 saturated carbocycles. The summed E-state index contributed by atoms with van der Waals surface area (Å²) in [5.41, 5.74) is 0. The van der Waals surface area contributed by atoms with E-state index in [9.17, 15) is 5.11 Å². The van der Waals surface area contributed by atoms with Crippen LogP contribution in [0.1, 0.15) is 12.8 Å². The molecule has 0 radical (unpaired) electrons. The second kappa shape index (κ2) is 3.95. The number of nitrogens with zero attached hydrogens (tertiary/aromatic N) is 1. The van der Waals surface area contributed by atoms with E-state index in [2.05, 4.69) is 4.90 Å². The molecule has 0 aromatic carbocycles. The summed E-state index contributed by atoms with van der Waals surface area (Å²) in [6.45, 7) is 3.98. The first-order valence-corrected chi connectivity index (χ1v) is 5.20. The lowest BCUT2D eigenvalue weighted by Gasteiger charge is -2.35. The van der Waals surface area contributed by atoms with Crippen LogP contribution in [-0.4, -0.2) is 49.5 Å². The highest BCUT2D eigenvalue weighted by atomic mass is 16.5. The van der Waals surface area contributed by atoms with Crippen LogP contribution in [0.4, 0.5) is 0 Å². The molecule has 1 aliphatic carbocycles. The molecule has 0 spiro atoms. The van der Waals surface area contributed by atoms with E-state index in [1.54, 1.807) is 7.11 Å². The van der Waals surface area contributed by atoms with Crippen LogP contribution >= 0.6 is 0 Å². The summed E-state index contributed by atoms with van der Waals surface area (Å²) in [4.78, 5) is 2.43. The van der Waals surface area contributed by atoms with Gasteiger partial charge in [0.25, 0.3) is 0 Å². The van der Waals surface area contributed by atoms with E-state index in [1.165, 1.54) is 12.8 Å². The maximum Gasteiger partial charge on any atom is 0.0620 e. The van der Waals surface area contributed by atoms with Crippen molar-refractivity contribution in [2.45, 2.75) is 18.9 Å². The molecule has 2 rings (SSSR count). The average Bonchev–Trinajstić information content (AvgIpc) is 2.41. The minimum atomic E-state index is -0.0150. The zero-order valence-electron chi connectivity index (χ0n) is 8.28. The lowest BCUT2D eigenvalue weighted by molar-refractivity contribution is 0.00868. The van der Waals surface area contributed by atoms with E-state index in [0.717, 1.165) is 26.2 Å². The number of hydrogen-bond acceptors (Lipinski definition) is 3. The first kappa shape index (κ1) is 9.44. The van der Waals surface area contributed by atoms with E-state index in [1.807, 2.05) is 0 Å². The van der Waals surface area contributed by atoms with Crippen molar-refractivity contribution in [1.82, 2.24) is 4.90 Å². The van der Waals surface area contributed by atoms with Crippen LogP contribution in [0, 0.1) is 11.8 Å². The summed E-state index contributed by atoms with van der Waals surface area (Å²) in [6.07, 6.45) is 2.42. The number of rotatable bonds is 3. The van der Waals surface area contributed by atoms with Crippen LogP contribution in [0.15, 0.2) is 0 Å². The second-order valence-electron chi connectivity index (χ2n) is 4.34. The van der Waals surface area contributed by atoms with Crippen LogP contribution in [0.5, 0.6) is 0 Å². The van der Waals surface area contributed by atoms with E-state index in [0.29, 0.717) is 11.8 Å². The molecule has 0 aromatic rings. The molecule has 76 valence electrons. The Hall–Kier alpha value is -0.120. The fraction of sp³-hybridized carbons (Fsp3) is 1.00. The Labute approximate surface area is 79.7 Å². The lowest BCUT2D eigenvalue weighted by atomic mass is 9.95. The fourth-order valence-corrected chi connectivity index (χ4v) is 2.69. The van der Waals surface area contributed by atoms with Gasteiger partial charge in [-0.1, -0.05) is 0 Å². The summed E-state index contributed by atoms with van der Waals surface area (Å²) in [6, 6.07) is 0. The van der Waals surface area contributed by atoms with Gasteiger partial charge in [0.15, 0.2) is 0 Å². The zero-order valence-corrected chi connectivity index (χ0v) is 8.28. The average molecular weight is 185 g/mol. The summed E-state index contributed by atoms with van der Waals surface area (Å²) < 4.78 is 5.06. The first-order chi connectivity index (χ1) is 6.31.